The number of rotatable bonds is 4. The lowest BCUT2D eigenvalue weighted by Crippen LogP contribution is -2.14. The third-order valence-electron chi connectivity index (χ3n) is 3.85. The molecule has 0 aliphatic rings. The topological polar surface area (TPSA) is 44.9 Å². The predicted octanol–water partition coefficient (Wildman–Crippen LogP) is 5.52. The summed E-state index contributed by atoms with van der Waals surface area (Å²) in [7, 11) is 0. The number of nitrogens with one attached hydrogen (secondary N) is 2. The van der Waals surface area contributed by atoms with E-state index >= 15 is 0 Å². The number of H-pyrrole nitrogens is 1. The third kappa shape index (κ3) is 4.04. The molecular formula is C18H14BrF3N2O. The van der Waals surface area contributed by atoms with Crippen LogP contribution in [0.5, 0.6) is 0 Å². The minimum Gasteiger partial charge on any atom is -0.361 e. The van der Waals surface area contributed by atoms with Crippen molar-refractivity contribution in [3.05, 3.63) is 64.3 Å². The average molecular weight is 411 g/mol. The number of fused-ring (bicyclic) bond motifs is 1. The number of aromatic amines is 1. The standard InChI is InChI=1S/C18H14BrF3N2O/c19-15-7-6-12(9-14(15)18(20,21)22)24-17(25)8-5-11-10-23-16-4-2-1-3-13(11)16/h1-4,6-7,9-10,23H,5,8H2,(H,24,25). The number of aryl methyl sites for hydroxylation is 1. The predicted molar refractivity (Wildman–Crippen MR) is 94.4 cm³/mol. The van der Waals surface area contributed by atoms with Crippen molar-refractivity contribution in [3.63, 3.8) is 0 Å². The summed E-state index contributed by atoms with van der Waals surface area (Å²) in [5.74, 6) is -0.333. The quantitative estimate of drug-likeness (QED) is 0.584. The largest absolute Gasteiger partial charge is 0.417 e. The Morgan fingerprint density at radius 3 is 2.68 bits per heavy atom. The molecule has 3 aromatic rings. The van der Waals surface area contributed by atoms with Crippen molar-refractivity contribution in [2.45, 2.75) is 19.0 Å². The fourth-order valence-electron chi connectivity index (χ4n) is 2.63. The molecule has 0 atom stereocenters. The first-order valence-electron chi connectivity index (χ1n) is 7.56. The fourth-order valence-corrected chi connectivity index (χ4v) is 3.10. The van der Waals surface area contributed by atoms with Gasteiger partial charge in [0.1, 0.15) is 0 Å². The molecule has 2 N–H and O–H groups in total. The average Bonchev–Trinajstić information content (AvgIpc) is 2.97. The van der Waals surface area contributed by atoms with Gasteiger partial charge < -0.3 is 10.3 Å². The summed E-state index contributed by atoms with van der Waals surface area (Å²) in [6, 6.07) is 11.4. The summed E-state index contributed by atoms with van der Waals surface area (Å²) in [5.41, 5.74) is 1.29. The number of benzene rings is 2. The molecule has 0 bridgehead atoms. The van der Waals surface area contributed by atoms with E-state index in [2.05, 4.69) is 26.2 Å². The van der Waals surface area contributed by atoms with E-state index in [-0.39, 0.29) is 22.5 Å². The number of para-hydroxylation sites is 1. The molecule has 130 valence electrons. The molecule has 0 aliphatic carbocycles. The Kier molecular flexibility index (Phi) is 4.85. The molecule has 0 radical (unpaired) electrons. The Morgan fingerprint density at radius 1 is 1.16 bits per heavy atom. The van der Waals surface area contributed by atoms with Crippen LogP contribution in [-0.4, -0.2) is 10.9 Å². The zero-order chi connectivity index (χ0) is 18.0. The van der Waals surface area contributed by atoms with Gasteiger partial charge in [-0.1, -0.05) is 34.1 Å². The van der Waals surface area contributed by atoms with Crippen LogP contribution in [0.1, 0.15) is 17.5 Å². The van der Waals surface area contributed by atoms with Crippen LogP contribution in [0, 0.1) is 0 Å². The molecular weight excluding hydrogens is 397 g/mol. The molecule has 0 spiro atoms. The third-order valence-corrected chi connectivity index (χ3v) is 4.54. The SMILES string of the molecule is O=C(CCc1c[nH]c2ccccc12)Nc1ccc(Br)c(C(F)(F)F)c1. The number of halogens is 4. The van der Waals surface area contributed by atoms with E-state index in [4.69, 9.17) is 0 Å². The van der Waals surface area contributed by atoms with Crippen LogP contribution in [0.25, 0.3) is 10.9 Å². The van der Waals surface area contributed by atoms with E-state index in [1.54, 1.807) is 0 Å². The lowest BCUT2D eigenvalue weighted by atomic mass is 10.1. The van der Waals surface area contributed by atoms with Gasteiger partial charge in [-0.15, -0.1) is 0 Å². The van der Waals surface area contributed by atoms with Gasteiger partial charge in [-0.05, 0) is 36.2 Å². The monoisotopic (exact) mass is 410 g/mol. The number of aromatic nitrogens is 1. The molecule has 2 aromatic carbocycles. The highest BCUT2D eigenvalue weighted by molar-refractivity contribution is 9.10. The zero-order valence-corrected chi connectivity index (χ0v) is 14.5. The second kappa shape index (κ2) is 6.92. The Hall–Kier alpha value is -2.28. The zero-order valence-electron chi connectivity index (χ0n) is 13.0. The maximum absolute atomic E-state index is 12.9. The molecule has 0 aliphatic heterocycles. The number of hydrogen-bond donors (Lipinski definition) is 2. The van der Waals surface area contributed by atoms with Crippen LogP contribution in [0.4, 0.5) is 18.9 Å². The summed E-state index contributed by atoms with van der Waals surface area (Å²) < 4.78 is 38.6. The first-order valence-corrected chi connectivity index (χ1v) is 8.35. The van der Waals surface area contributed by atoms with Gasteiger partial charge in [0, 0.05) is 33.7 Å². The van der Waals surface area contributed by atoms with Crippen molar-refractivity contribution in [1.29, 1.82) is 0 Å². The van der Waals surface area contributed by atoms with Gasteiger partial charge in [0.15, 0.2) is 0 Å². The minimum atomic E-state index is -4.48. The number of hydrogen-bond acceptors (Lipinski definition) is 1. The van der Waals surface area contributed by atoms with Gasteiger partial charge in [0.2, 0.25) is 5.91 Å². The Balaban J connectivity index is 1.67. The molecule has 0 fully saturated rings. The Morgan fingerprint density at radius 2 is 1.92 bits per heavy atom. The van der Waals surface area contributed by atoms with Crippen molar-refractivity contribution < 1.29 is 18.0 Å². The summed E-state index contributed by atoms with van der Waals surface area (Å²) in [5, 5.41) is 3.56. The summed E-state index contributed by atoms with van der Waals surface area (Å²) >= 11 is 2.88. The fraction of sp³-hybridized carbons (Fsp3) is 0.167. The summed E-state index contributed by atoms with van der Waals surface area (Å²) in [4.78, 5) is 15.2. The van der Waals surface area contributed by atoms with E-state index in [1.807, 2.05) is 30.5 Å². The van der Waals surface area contributed by atoms with Gasteiger partial charge in [0.05, 0.1) is 5.56 Å². The van der Waals surface area contributed by atoms with E-state index in [1.165, 1.54) is 12.1 Å². The lowest BCUT2D eigenvalue weighted by Gasteiger charge is -2.12. The minimum absolute atomic E-state index is 0.0585. The molecule has 0 unspecified atom stereocenters. The summed E-state index contributed by atoms with van der Waals surface area (Å²) in [6.07, 6.45) is -1.96. The van der Waals surface area contributed by atoms with Crippen LogP contribution >= 0.6 is 15.9 Å². The van der Waals surface area contributed by atoms with Crippen LogP contribution < -0.4 is 5.32 Å². The van der Waals surface area contributed by atoms with Crippen molar-refractivity contribution in [2.75, 3.05) is 5.32 Å². The maximum atomic E-state index is 12.9. The Bertz CT molecular complexity index is 918. The molecule has 3 rings (SSSR count). The molecule has 1 amide bonds. The molecule has 0 saturated heterocycles. The number of carbonyl (C=O) groups is 1. The highest BCUT2D eigenvalue weighted by Gasteiger charge is 2.33. The summed E-state index contributed by atoms with van der Waals surface area (Å²) in [6.45, 7) is 0. The van der Waals surface area contributed by atoms with Crippen molar-refractivity contribution >= 4 is 38.4 Å². The Labute approximate surface area is 150 Å². The maximum Gasteiger partial charge on any atom is 0.417 e. The van der Waals surface area contributed by atoms with Gasteiger partial charge in [-0.2, -0.15) is 13.2 Å². The van der Waals surface area contributed by atoms with E-state index < -0.39 is 11.7 Å². The molecule has 1 aromatic heterocycles. The van der Waals surface area contributed by atoms with Crippen LogP contribution in [0.2, 0.25) is 0 Å². The van der Waals surface area contributed by atoms with Gasteiger partial charge >= 0.3 is 6.18 Å². The van der Waals surface area contributed by atoms with Crippen LogP contribution in [-0.2, 0) is 17.4 Å². The molecule has 25 heavy (non-hydrogen) atoms. The first-order chi connectivity index (χ1) is 11.8. The van der Waals surface area contributed by atoms with Crippen molar-refractivity contribution in [2.24, 2.45) is 0 Å². The van der Waals surface area contributed by atoms with Gasteiger partial charge in [-0.25, -0.2) is 0 Å². The van der Waals surface area contributed by atoms with Gasteiger partial charge in [-0.3, -0.25) is 4.79 Å². The van der Waals surface area contributed by atoms with E-state index in [9.17, 15) is 18.0 Å². The lowest BCUT2D eigenvalue weighted by molar-refractivity contribution is -0.138. The molecule has 1 heterocycles. The van der Waals surface area contributed by atoms with E-state index in [0.29, 0.717) is 6.42 Å². The molecule has 7 heteroatoms. The molecule has 0 saturated carbocycles. The van der Waals surface area contributed by atoms with Crippen molar-refractivity contribution in [1.82, 2.24) is 4.98 Å². The highest BCUT2D eigenvalue weighted by Crippen LogP contribution is 2.36. The van der Waals surface area contributed by atoms with Crippen LogP contribution in [0.15, 0.2) is 53.1 Å². The van der Waals surface area contributed by atoms with Gasteiger partial charge in [0.25, 0.3) is 0 Å². The molecule has 3 nitrogen and oxygen atoms in total. The highest BCUT2D eigenvalue weighted by atomic mass is 79.9. The smallest absolute Gasteiger partial charge is 0.361 e. The normalized spacial score (nSPS) is 11.7. The first kappa shape index (κ1) is 17.5. The number of carbonyl (C=O) groups excluding carboxylic acids is 1. The number of anilines is 1. The van der Waals surface area contributed by atoms with E-state index in [0.717, 1.165) is 22.5 Å². The second-order valence-corrected chi connectivity index (χ2v) is 6.45. The van der Waals surface area contributed by atoms with Crippen molar-refractivity contribution in [3.8, 4) is 0 Å². The number of alkyl halides is 3. The van der Waals surface area contributed by atoms with Crippen LogP contribution in [0.3, 0.4) is 0 Å². The number of amides is 1. The second-order valence-electron chi connectivity index (χ2n) is 5.60.